The molecule has 0 heterocycles. The van der Waals surface area contributed by atoms with E-state index in [2.05, 4.69) is 4.99 Å². The second-order valence-electron chi connectivity index (χ2n) is 3.78. The summed E-state index contributed by atoms with van der Waals surface area (Å²) in [6.45, 7) is 0. The van der Waals surface area contributed by atoms with E-state index in [1.807, 2.05) is 0 Å². The summed E-state index contributed by atoms with van der Waals surface area (Å²) in [6, 6.07) is 11.3. The highest BCUT2D eigenvalue weighted by atomic mass is 35.5. The van der Waals surface area contributed by atoms with Gasteiger partial charge in [0.25, 0.3) is 0 Å². The third-order valence-electron chi connectivity index (χ3n) is 2.48. The van der Waals surface area contributed by atoms with Crippen LogP contribution in [0.1, 0.15) is 15.9 Å². The molecule has 0 aliphatic carbocycles. The molecule has 2 N–H and O–H groups in total. The molecule has 0 aliphatic rings. The maximum Gasteiger partial charge on any atom is 0.339 e. The Morgan fingerprint density at radius 3 is 2.47 bits per heavy atom. The Bertz CT molecular complexity index is 636. The van der Waals surface area contributed by atoms with E-state index in [9.17, 15) is 9.90 Å². The minimum absolute atomic E-state index is 0.153. The highest BCUT2D eigenvalue weighted by molar-refractivity contribution is 6.30. The van der Waals surface area contributed by atoms with Gasteiger partial charge in [-0.1, -0.05) is 17.7 Å². The number of carboxylic acids is 1. The van der Waals surface area contributed by atoms with Crippen molar-refractivity contribution in [3.63, 3.8) is 0 Å². The average Bonchev–Trinajstić information content (AvgIpc) is 2.39. The van der Waals surface area contributed by atoms with Gasteiger partial charge in [-0.05, 0) is 36.4 Å². The zero-order valence-electron chi connectivity index (χ0n) is 9.75. The topological polar surface area (TPSA) is 69.9 Å². The van der Waals surface area contributed by atoms with E-state index in [0.717, 1.165) is 0 Å². The summed E-state index contributed by atoms with van der Waals surface area (Å²) in [5, 5.41) is 19.3. The van der Waals surface area contributed by atoms with Crippen molar-refractivity contribution < 1.29 is 15.0 Å². The second-order valence-corrected chi connectivity index (χ2v) is 4.22. The summed E-state index contributed by atoms with van der Waals surface area (Å²) >= 11 is 5.75. The molecule has 19 heavy (non-hydrogen) atoms. The van der Waals surface area contributed by atoms with Gasteiger partial charge >= 0.3 is 5.97 Å². The summed E-state index contributed by atoms with van der Waals surface area (Å²) in [5.41, 5.74) is 0.847. The lowest BCUT2D eigenvalue weighted by molar-refractivity contribution is 0.0693. The number of rotatable bonds is 3. The number of aromatic carboxylic acids is 1. The first kappa shape index (κ1) is 13.1. The highest BCUT2D eigenvalue weighted by Gasteiger charge is 2.11. The van der Waals surface area contributed by atoms with Crippen LogP contribution in [-0.4, -0.2) is 22.4 Å². The van der Waals surface area contributed by atoms with Crippen LogP contribution in [0.15, 0.2) is 47.5 Å². The molecule has 0 bridgehead atoms. The average molecular weight is 276 g/mol. The van der Waals surface area contributed by atoms with Crippen LogP contribution in [-0.2, 0) is 0 Å². The summed E-state index contributed by atoms with van der Waals surface area (Å²) in [7, 11) is 0. The second kappa shape index (κ2) is 5.54. The van der Waals surface area contributed by atoms with Crippen LogP contribution in [0, 0.1) is 0 Å². The summed E-state index contributed by atoms with van der Waals surface area (Å²) < 4.78 is 0. The molecular weight excluding hydrogens is 266 g/mol. The summed E-state index contributed by atoms with van der Waals surface area (Å²) in [6.07, 6.45) is 1.41. The van der Waals surface area contributed by atoms with Gasteiger partial charge in [-0.2, -0.15) is 0 Å². The molecule has 0 spiro atoms. The first-order valence-electron chi connectivity index (χ1n) is 5.43. The van der Waals surface area contributed by atoms with E-state index in [0.29, 0.717) is 16.3 Å². The van der Waals surface area contributed by atoms with Crippen LogP contribution in [0.5, 0.6) is 5.75 Å². The zero-order valence-corrected chi connectivity index (χ0v) is 10.5. The number of aliphatic imine (C=N–C) groups is 1. The Kier molecular flexibility index (Phi) is 3.82. The van der Waals surface area contributed by atoms with Crippen molar-refractivity contribution in [1.82, 2.24) is 0 Å². The van der Waals surface area contributed by atoms with Crippen molar-refractivity contribution >= 4 is 29.5 Å². The number of phenols is 1. The highest BCUT2D eigenvalue weighted by Crippen LogP contribution is 2.22. The van der Waals surface area contributed by atoms with Gasteiger partial charge in [-0.3, -0.25) is 4.99 Å². The van der Waals surface area contributed by atoms with Crippen molar-refractivity contribution in [2.24, 2.45) is 4.99 Å². The molecule has 0 saturated carbocycles. The third-order valence-corrected chi connectivity index (χ3v) is 2.73. The lowest BCUT2D eigenvalue weighted by Crippen LogP contribution is -1.98. The van der Waals surface area contributed by atoms with Crippen LogP contribution >= 0.6 is 11.6 Å². The normalized spacial score (nSPS) is 10.8. The molecule has 0 aliphatic heterocycles. The molecule has 0 amide bonds. The van der Waals surface area contributed by atoms with Gasteiger partial charge in [0, 0.05) is 16.8 Å². The molecule has 0 unspecified atom stereocenters. The molecule has 5 heteroatoms. The van der Waals surface area contributed by atoms with Gasteiger partial charge in [0.05, 0.1) is 5.69 Å². The van der Waals surface area contributed by atoms with E-state index in [1.54, 1.807) is 36.4 Å². The SMILES string of the molecule is O=C(O)c1cccc(C=Nc2ccc(Cl)cc2)c1O. The van der Waals surface area contributed by atoms with Crippen LogP contribution in [0.3, 0.4) is 0 Å². The van der Waals surface area contributed by atoms with E-state index in [4.69, 9.17) is 16.7 Å². The molecule has 2 rings (SSSR count). The largest absolute Gasteiger partial charge is 0.506 e. The fourth-order valence-electron chi connectivity index (χ4n) is 1.51. The van der Waals surface area contributed by atoms with Crippen molar-refractivity contribution in [2.75, 3.05) is 0 Å². The van der Waals surface area contributed by atoms with E-state index >= 15 is 0 Å². The molecule has 0 radical (unpaired) electrons. The van der Waals surface area contributed by atoms with Gasteiger partial charge in [-0.15, -0.1) is 0 Å². The Morgan fingerprint density at radius 1 is 1.16 bits per heavy atom. The molecule has 2 aromatic rings. The van der Waals surface area contributed by atoms with Crippen molar-refractivity contribution in [3.8, 4) is 5.75 Å². The van der Waals surface area contributed by atoms with Gasteiger partial charge < -0.3 is 10.2 Å². The standard InChI is InChI=1S/C14H10ClNO3/c15-10-4-6-11(7-5-10)16-8-9-2-1-3-12(13(9)17)14(18)19/h1-8,17H,(H,18,19). The summed E-state index contributed by atoms with van der Waals surface area (Å²) in [5.74, 6) is -1.48. The predicted octanol–water partition coefficient (Wildman–Crippen LogP) is 3.49. The number of halogens is 1. The number of nitrogens with zero attached hydrogens (tertiary/aromatic N) is 1. The first-order chi connectivity index (χ1) is 9.08. The zero-order chi connectivity index (χ0) is 13.8. The van der Waals surface area contributed by atoms with Gasteiger partial charge in [0.2, 0.25) is 0 Å². The fourth-order valence-corrected chi connectivity index (χ4v) is 1.64. The molecule has 0 atom stereocenters. The van der Waals surface area contributed by atoms with Crippen molar-refractivity contribution in [1.29, 1.82) is 0 Å². The van der Waals surface area contributed by atoms with Gasteiger partial charge in [0.1, 0.15) is 11.3 Å². The number of carboxylic acid groups (broad SMARTS) is 1. The summed E-state index contributed by atoms with van der Waals surface area (Å²) in [4.78, 5) is 15.0. The quantitative estimate of drug-likeness (QED) is 0.842. The maximum absolute atomic E-state index is 10.9. The van der Waals surface area contributed by atoms with Crippen molar-refractivity contribution in [2.45, 2.75) is 0 Å². The molecule has 4 nitrogen and oxygen atoms in total. The Balaban J connectivity index is 2.31. The van der Waals surface area contributed by atoms with Gasteiger partial charge in [-0.25, -0.2) is 4.79 Å². The van der Waals surface area contributed by atoms with Gasteiger partial charge in [0.15, 0.2) is 0 Å². The molecular formula is C14H10ClNO3. The molecule has 0 saturated heterocycles. The molecule has 2 aromatic carbocycles. The Hall–Kier alpha value is -2.33. The van der Waals surface area contributed by atoms with Crippen LogP contribution < -0.4 is 0 Å². The predicted molar refractivity (Wildman–Crippen MR) is 73.8 cm³/mol. The molecule has 96 valence electrons. The molecule has 0 aromatic heterocycles. The van der Waals surface area contributed by atoms with E-state index in [1.165, 1.54) is 12.3 Å². The number of hydrogen-bond donors (Lipinski definition) is 2. The minimum Gasteiger partial charge on any atom is -0.506 e. The third kappa shape index (κ3) is 3.11. The number of benzene rings is 2. The molecule has 0 fully saturated rings. The number of aromatic hydroxyl groups is 1. The minimum atomic E-state index is -1.18. The number of para-hydroxylation sites is 1. The van der Waals surface area contributed by atoms with Crippen LogP contribution in [0.25, 0.3) is 0 Å². The van der Waals surface area contributed by atoms with E-state index in [-0.39, 0.29) is 11.3 Å². The Labute approximate surface area is 114 Å². The monoisotopic (exact) mass is 275 g/mol. The lowest BCUT2D eigenvalue weighted by Gasteiger charge is -2.02. The number of hydrogen-bond acceptors (Lipinski definition) is 3. The number of carbonyl (C=O) groups is 1. The maximum atomic E-state index is 10.9. The van der Waals surface area contributed by atoms with Crippen LogP contribution in [0.2, 0.25) is 5.02 Å². The first-order valence-corrected chi connectivity index (χ1v) is 5.80. The van der Waals surface area contributed by atoms with Crippen LogP contribution in [0.4, 0.5) is 5.69 Å². The fraction of sp³-hybridized carbons (Fsp3) is 0. The van der Waals surface area contributed by atoms with E-state index < -0.39 is 5.97 Å². The van der Waals surface area contributed by atoms with Crippen molar-refractivity contribution in [3.05, 3.63) is 58.6 Å². The Morgan fingerprint density at radius 2 is 1.84 bits per heavy atom. The smallest absolute Gasteiger partial charge is 0.339 e. The lowest BCUT2D eigenvalue weighted by atomic mass is 10.1.